The Balaban J connectivity index is 1.40. The molecular weight excluding hydrogens is 372 g/mol. The molecule has 4 nitrogen and oxygen atoms in total. The molecule has 3 aromatic rings. The van der Waals surface area contributed by atoms with Gasteiger partial charge in [-0.3, -0.25) is 4.79 Å². The van der Waals surface area contributed by atoms with Gasteiger partial charge in [0.2, 0.25) is 5.91 Å². The molecule has 3 aromatic carbocycles. The molecule has 1 unspecified atom stereocenters. The van der Waals surface area contributed by atoms with Crippen molar-refractivity contribution in [2.75, 3.05) is 19.6 Å². The van der Waals surface area contributed by atoms with Gasteiger partial charge < -0.3 is 15.0 Å². The van der Waals surface area contributed by atoms with Crippen molar-refractivity contribution in [3.63, 3.8) is 0 Å². The largest absolute Gasteiger partial charge is 0.456 e. The summed E-state index contributed by atoms with van der Waals surface area (Å²) in [5, 5.41) is 3.43. The third kappa shape index (κ3) is 5.28. The standard InChI is InChI=1S/C26H27N2O2/c29-26(28-18-17-27-20-23(28)19-21-9-3-1-4-10-21)16-15-22-11-7-8-14-25(22)30-24-12-5-2-6-13-24/h1-12,14,23,27H,15-20H2. The molecule has 1 fully saturated rings. The van der Waals surface area contributed by atoms with Crippen LogP contribution >= 0.6 is 0 Å². The van der Waals surface area contributed by atoms with Crippen LogP contribution in [0, 0.1) is 6.07 Å². The van der Waals surface area contributed by atoms with E-state index in [2.05, 4.69) is 40.5 Å². The number of hydrogen-bond donors (Lipinski definition) is 1. The average molecular weight is 400 g/mol. The Morgan fingerprint density at radius 3 is 2.67 bits per heavy atom. The highest BCUT2D eigenvalue weighted by Gasteiger charge is 2.26. The number of rotatable bonds is 7. The first kappa shape index (κ1) is 20.2. The van der Waals surface area contributed by atoms with E-state index in [-0.39, 0.29) is 11.9 Å². The van der Waals surface area contributed by atoms with Crippen molar-refractivity contribution in [1.29, 1.82) is 0 Å². The molecule has 4 rings (SSSR count). The van der Waals surface area contributed by atoms with Gasteiger partial charge in [0.05, 0.1) is 0 Å². The third-order valence-corrected chi connectivity index (χ3v) is 5.47. The van der Waals surface area contributed by atoms with Gasteiger partial charge in [0.15, 0.2) is 0 Å². The van der Waals surface area contributed by atoms with Crippen LogP contribution in [0.2, 0.25) is 0 Å². The van der Waals surface area contributed by atoms with Gasteiger partial charge in [0.1, 0.15) is 11.5 Å². The SMILES string of the molecule is O=C(CCc1ccccc1Oc1[c]cccc1)N1CCNCC1Cc1ccccc1. The summed E-state index contributed by atoms with van der Waals surface area (Å²) in [4.78, 5) is 15.1. The molecular formula is C26H27N2O2. The second-order valence-corrected chi connectivity index (χ2v) is 7.57. The van der Waals surface area contributed by atoms with Gasteiger partial charge in [-0.1, -0.05) is 66.7 Å². The summed E-state index contributed by atoms with van der Waals surface area (Å²) in [6.45, 7) is 2.44. The molecule has 1 radical (unpaired) electrons. The summed E-state index contributed by atoms with van der Waals surface area (Å²) >= 11 is 0. The molecule has 0 spiro atoms. The molecule has 153 valence electrons. The maximum Gasteiger partial charge on any atom is 0.223 e. The molecule has 4 heteroatoms. The first-order valence-corrected chi connectivity index (χ1v) is 10.6. The van der Waals surface area contributed by atoms with E-state index in [9.17, 15) is 4.79 Å². The Morgan fingerprint density at radius 2 is 1.83 bits per heavy atom. The highest BCUT2D eigenvalue weighted by molar-refractivity contribution is 5.77. The molecule has 0 saturated carbocycles. The van der Waals surface area contributed by atoms with Crippen molar-refractivity contribution in [2.45, 2.75) is 25.3 Å². The van der Waals surface area contributed by atoms with Crippen LogP contribution in [-0.4, -0.2) is 36.5 Å². The zero-order chi connectivity index (χ0) is 20.6. The molecule has 1 amide bonds. The highest BCUT2D eigenvalue weighted by Crippen LogP contribution is 2.26. The minimum atomic E-state index is 0.194. The predicted molar refractivity (Wildman–Crippen MR) is 119 cm³/mol. The normalized spacial score (nSPS) is 16.3. The predicted octanol–water partition coefficient (Wildman–Crippen LogP) is 4.25. The second-order valence-electron chi connectivity index (χ2n) is 7.57. The Labute approximate surface area is 178 Å². The summed E-state index contributed by atoms with van der Waals surface area (Å²) in [5.74, 6) is 1.67. The fourth-order valence-corrected chi connectivity index (χ4v) is 3.91. The smallest absolute Gasteiger partial charge is 0.223 e. The number of amides is 1. The van der Waals surface area contributed by atoms with Gasteiger partial charge in [-0.15, -0.1) is 0 Å². The van der Waals surface area contributed by atoms with Crippen LogP contribution in [0.5, 0.6) is 11.5 Å². The number of aryl methyl sites for hydroxylation is 1. The number of ether oxygens (including phenoxy) is 1. The number of para-hydroxylation sites is 2. The van der Waals surface area contributed by atoms with Crippen LogP contribution in [0.4, 0.5) is 0 Å². The van der Waals surface area contributed by atoms with Gasteiger partial charge in [-0.05, 0) is 36.1 Å². The minimum absolute atomic E-state index is 0.194. The fraction of sp³-hybridized carbons (Fsp3) is 0.269. The van der Waals surface area contributed by atoms with Gasteiger partial charge in [0.25, 0.3) is 0 Å². The zero-order valence-corrected chi connectivity index (χ0v) is 17.1. The molecule has 1 atom stereocenters. The van der Waals surface area contributed by atoms with Crippen LogP contribution in [0.1, 0.15) is 17.5 Å². The number of carbonyl (C=O) groups is 1. The van der Waals surface area contributed by atoms with Crippen molar-refractivity contribution >= 4 is 5.91 Å². The molecule has 1 aliphatic heterocycles. The Hall–Kier alpha value is -3.11. The maximum atomic E-state index is 13.1. The van der Waals surface area contributed by atoms with E-state index >= 15 is 0 Å². The number of nitrogens with zero attached hydrogens (tertiary/aromatic N) is 1. The molecule has 0 bridgehead atoms. The number of benzene rings is 3. The molecule has 1 saturated heterocycles. The summed E-state index contributed by atoms with van der Waals surface area (Å²) in [7, 11) is 0. The highest BCUT2D eigenvalue weighted by atomic mass is 16.5. The average Bonchev–Trinajstić information content (AvgIpc) is 2.80. The topological polar surface area (TPSA) is 41.6 Å². The molecule has 1 heterocycles. The molecule has 0 aliphatic carbocycles. The van der Waals surface area contributed by atoms with Crippen LogP contribution in [0.25, 0.3) is 0 Å². The van der Waals surface area contributed by atoms with Gasteiger partial charge in [0, 0.05) is 38.2 Å². The fourth-order valence-electron chi connectivity index (χ4n) is 3.91. The molecule has 0 aromatic heterocycles. The first-order valence-electron chi connectivity index (χ1n) is 10.6. The lowest BCUT2D eigenvalue weighted by atomic mass is 10.0. The van der Waals surface area contributed by atoms with Crippen molar-refractivity contribution in [3.05, 3.63) is 96.1 Å². The van der Waals surface area contributed by atoms with Crippen LogP contribution in [0.15, 0.2) is 78.9 Å². The van der Waals surface area contributed by atoms with E-state index in [4.69, 9.17) is 4.74 Å². The van der Waals surface area contributed by atoms with E-state index < -0.39 is 0 Å². The van der Waals surface area contributed by atoms with Crippen molar-refractivity contribution < 1.29 is 9.53 Å². The van der Waals surface area contributed by atoms with Crippen molar-refractivity contribution in [3.8, 4) is 11.5 Å². The zero-order valence-electron chi connectivity index (χ0n) is 17.1. The Bertz CT molecular complexity index is 944. The first-order chi connectivity index (χ1) is 14.8. The van der Waals surface area contributed by atoms with Gasteiger partial charge in [-0.2, -0.15) is 0 Å². The lowest BCUT2D eigenvalue weighted by Gasteiger charge is -2.36. The number of carbonyl (C=O) groups excluding carboxylic acids is 1. The van der Waals surface area contributed by atoms with E-state index in [0.29, 0.717) is 18.6 Å². The number of nitrogens with one attached hydrogen (secondary N) is 1. The summed E-state index contributed by atoms with van der Waals surface area (Å²) < 4.78 is 6.00. The second kappa shape index (κ2) is 10.1. The Morgan fingerprint density at radius 1 is 1.03 bits per heavy atom. The quantitative estimate of drug-likeness (QED) is 0.646. The summed E-state index contributed by atoms with van der Waals surface area (Å²) in [5.41, 5.74) is 2.31. The third-order valence-electron chi connectivity index (χ3n) is 5.47. The molecule has 1 N–H and O–H groups in total. The van der Waals surface area contributed by atoms with Crippen LogP contribution in [-0.2, 0) is 17.6 Å². The summed E-state index contributed by atoms with van der Waals surface area (Å²) in [6, 6.07) is 29.2. The van der Waals surface area contributed by atoms with Crippen molar-refractivity contribution in [2.24, 2.45) is 0 Å². The van der Waals surface area contributed by atoms with Gasteiger partial charge >= 0.3 is 0 Å². The van der Waals surface area contributed by atoms with Crippen molar-refractivity contribution in [1.82, 2.24) is 10.2 Å². The summed E-state index contributed by atoms with van der Waals surface area (Å²) in [6.07, 6.45) is 2.01. The van der Waals surface area contributed by atoms with Gasteiger partial charge in [-0.25, -0.2) is 0 Å². The van der Waals surface area contributed by atoms with E-state index in [1.54, 1.807) is 0 Å². The monoisotopic (exact) mass is 399 g/mol. The number of piperazine rings is 1. The van der Waals surface area contributed by atoms with Crippen LogP contribution in [0.3, 0.4) is 0 Å². The van der Waals surface area contributed by atoms with E-state index in [1.807, 2.05) is 54.6 Å². The van der Waals surface area contributed by atoms with E-state index in [1.165, 1.54) is 5.56 Å². The maximum absolute atomic E-state index is 13.1. The lowest BCUT2D eigenvalue weighted by molar-refractivity contribution is -0.134. The van der Waals surface area contributed by atoms with Crippen LogP contribution < -0.4 is 10.1 Å². The molecule has 30 heavy (non-hydrogen) atoms. The Kier molecular flexibility index (Phi) is 6.78. The number of hydrogen-bond acceptors (Lipinski definition) is 3. The minimum Gasteiger partial charge on any atom is -0.456 e. The van der Waals surface area contributed by atoms with E-state index in [0.717, 1.165) is 37.4 Å². The molecule has 1 aliphatic rings. The lowest BCUT2D eigenvalue weighted by Crippen LogP contribution is -2.54.